The zero-order valence-corrected chi connectivity index (χ0v) is 14.6. The lowest BCUT2D eigenvalue weighted by Gasteiger charge is -2.32. The summed E-state index contributed by atoms with van der Waals surface area (Å²) in [6.07, 6.45) is 7.59. The Balaban J connectivity index is 1.32. The van der Waals surface area contributed by atoms with Gasteiger partial charge in [-0.1, -0.05) is 60.7 Å². The van der Waals surface area contributed by atoms with Gasteiger partial charge in [0.15, 0.2) is 0 Å². The maximum absolute atomic E-state index is 4.62. The van der Waals surface area contributed by atoms with E-state index >= 15 is 0 Å². The van der Waals surface area contributed by atoms with E-state index in [1.165, 1.54) is 24.0 Å². The van der Waals surface area contributed by atoms with Crippen LogP contribution in [0.2, 0.25) is 0 Å². The molecule has 0 unspecified atom stereocenters. The van der Waals surface area contributed by atoms with Crippen molar-refractivity contribution in [1.82, 2.24) is 14.5 Å². The van der Waals surface area contributed by atoms with Crippen LogP contribution in [-0.2, 0) is 13.0 Å². The van der Waals surface area contributed by atoms with Crippen LogP contribution in [0.15, 0.2) is 73.2 Å². The minimum atomic E-state index is 0.587. The molecule has 0 radical (unpaired) electrons. The van der Waals surface area contributed by atoms with Crippen molar-refractivity contribution in [3.63, 3.8) is 0 Å². The second-order valence-electron chi connectivity index (χ2n) is 6.97. The first-order valence-electron chi connectivity index (χ1n) is 9.19. The van der Waals surface area contributed by atoms with E-state index in [4.69, 9.17) is 0 Å². The van der Waals surface area contributed by atoms with Gasteiger partial charge < -0.3 is 4.57 Å². The van der Waals surface area contributed by atoms with Crippen LogP contribution >= 0.6 is 0 Å². The van der Waals surface area contributed by atoms with Gasteiger partial charge in [-0.05, 0) is 24.0 Å². The first-order chi connectivity index (χ1) is 12.4. The zero-order valence-electron chi connectivity index (χ0n) is 14.6. The summed E-state index contributed by atoms with van der Waals surface area (Å²) in [5, 5.41) is 0. The minimum absolute atomic E-state index is 0.587. The molecule has 1 aromatic heterocycles. The number of hydrogen-bond acceptors (Lipinski definition) is 2. The summed E-state index contributed by atoms with van der Waals surface area (Å²) < 4.78 is 2.33. The fourth-order valence-corrected chi connectivity index (χ4v) is 3.69. The predicted molar refractivity (Wildman–Crippen MR) is 101 cm³/mol. The molecule has 1 aliphatic heterocycles. The van der Waals surface area contributed by atoms with E-state index in [0.717, 1.165) is 31.7 Å². The van der Waals surface area contributed by atoms with Crippen molar-refractivity contribution in [2.75, 3.05) is 13.1 Å². The molecule has 0 amide bonds. The normalized spacial score (nSPS) is 16.2. The van der Waals surface area contributed by atoms with Crippen LogP contribution in [0.1, 0.15) is 35.7 Å². The van der Waals surface area contributed by atoms with Crippen molar-refractivity contribution in [2.24, 2.45) is 0 Å². The summed E-state index contributed by atoms with van der Waals surface area (Å²) in [6.45, 7) is 3.38. The van der Waals surface area contributed by atoms with E-state index < -0.39 is 0 Å². The second kappa shape index (κ2) is 7.66. The molecule has 3 heteroatoms. The molecule has 0 N–H and O–H groups in total. The molecule has 128 valence electrons. The molecule has 1 fully saturated rings. The number of hydrogen-bond donors (Lipinski definition) is 0. The molecule has 0 aliphatic carbocycles. The van der Waals surface area contributed by atoms with Gasteiger partial charge in [0.2, 0.25) is 0 Å². The molecule has 0 spiro atoms. The highest BCUT2D eigenvalue weighted by atomic mass is 15.2. The van der Waals surface area contributed by atoms with Crippen molar-refractivity contribution >= 4 is 0 Å². The summed E-state index contributed by atoms with van der Waals surface area (Å²) in [6, 6.07) is 21.9. The third kappa shape index (κ3) is 4.18. The number of piperidine rings is 1. The standard InChI is InChI=1S/C22H25N3/c1-3-7-19(8-4-1)15-21-17-25(18-23-21)22-11-13-24(14-12-22)16-20-9-5-2-6-10-20/h1-10,17-18,22H,11-16H2. The average molecular weight is 331 g/mol. The van der Waals surface area contributed by atoms with E-state index in [1.807, 2.05) is 6.33 Å². The van der Waals surface area contributed by atoms with E-state index in [9.17, 15) is 0 Å². The van der Waals surface area contributed by atoms with Crippen LogP contribution in [0.25, 0.3) is 0 Å². The Morgan fingerprint density at radius 3 is 2.16 bits per heavy atom. The maximum Gasteiger partial charge on any atom is 0.0952 e. The van der Waals surface area contributed by atoms with E-state index in [-0.39, 0.29) is 0 Å². The summed E-state index contributed by atoms with van der Waals surface area (Å²) in [7, 11) is 0. The Bertz CT molecular complexity index is 771. The maximum atomic E-state index is 4.62. The van der Waals surface area contributed by atoms with Crippen LogP contribution in [0, 0.1) is 0 Å². The number of rotatable bonds is 5. The van der Waals surface area contributed by atoms with Gasteiger partial charge in [0, 0.05) is 38.3 Å². The quantitative estimate of drug-likeness (QED) is 0.694. The smallest absolute Gasteiger partial charge is 0.0952 e. The zero-order chi connectivity index (χ0) is 16.9. The average Bonchev–Trinajstić information content (AvgIpc) is 3.12. The van der Waals surface area contributed by atoms with Gasteiger partial charge in [-0.3, -0.25) is 4.90 Å². The molecular formula is C22H25N3. The summed E-state index contributed by atoms with van der Waals surface area (Å²) >= 11 is 0. The Morgan fingerprint density at radius 1 is 0.840 bits per heavy atom. The third-order valence-corrected chi connectivity index (χ3v) is 5.11. The lowest BCUT2D eigenvalue weighted by Crippen LogP contribution is -2.33. The Hall–Kier alpha value is -2.39. The molecule has 3 nitrogen and oxygen atoms in total. The van der Waals surface area contributed by atoms with Gasteiger partial charge in [-0.25, -0.2) is 4.98 Å². The molecule has 4 rings (SSSR count). The van der Waals surface area contributed by atoms with Crippen LogP contribution < -0.4 is 0 Å². The van der Waals surface area contributed by atoms with Crippen molar-refractivity contribution in [3.05, 3.63) is 90.0 Å². The topological polar surface area (TPSA) is 21.1 Å². The highest BCUT2D eigenvalue weighted by Crippen LogP contribution is 2.24. The van der Waals surface area contributed by atoms with E-state index in [1.54, 1.807) is 0 Å². The van der Waals surface area contributed by atoms with Crippen molar-refractivity contribution in [1.29, 1.82) is 0 Å². The van der Waals surface area contributed by atoms with Gasteiger partial charge in [0.1, 0.15) is 0 Å². The van der Waals surface area contributed by atoms with Crippen LogP contribution in [0.3, 0.4) is 0 Å². The van der Waals surface area contributed by atoms with Gasteiger partial charge >= 0.3 is 0 Å². The van der Waals surface area contributed by atoms with Crippen molar-refractivity contribution < 1.29 is 0 Å². The highest BCUT2D eigenvalue weighted by Gasteiger charge is 2.20. The number of nitrogens with zero attached hydrogens (tertiary/aromatic N) is 3. The summed E-state index contributed by atoms with van der Waals surface area (Å²) in [5.41, 5.74) is 3.90. The molecule has 25 heavy (non-hydrogen) atoms. The molecule has 3 aromatic rings. The first-order valence-corrected chi connectivity index (χ1v) is 9.19. The van der Waals surface area contributed by atoms with Gasteiger partial charge in [-0.15, -0.1) is 0 Å². The molecule has 0 saturated carbocycles. The molecule has 2 aromatic carbocycles. The SMILES string of the molecule is c1ccc(Cc2cn(C3CCN(Cc4ccccc4)CC3)cn2)cc1. The molecule has 1 saturated heterocycles. The predicted octanol–water partition coefficient (Wildman–Crippen LogP) is 4.31. The number of likely N-dealkylation sites (tertiary alicyclic amines) is 1. The fraction of sp³-hybridized carbons (Fsp3) is 0.318. The summed E-state index contributed by atoms with van der Waals surface area (Å²) in [4.78, 5) is 7.19. The van der Waals surface area contributed by atoms with Gasteiger partial charge in [0.05, 0.1) is 12.0 Å². The third-order valence-electron chi connectivity index (χ3n) is 5.11. The first kappa shape index (κ1) is 16.1. The molecule has 0 atom stereocenters. The molecular weight excluding hydrogens is 306 g/mol. The molecule has 1 aliphatic rings. The van der Waals surface area contributed by atoms with Crippen molar-refractivity contribution in [2.45, 2.75) is 31.8 Å². The largest absolute Gasteiger partial charge is 0.334 e. The molecule has 0 bridgehead atoms. The van der Waals surface area contributed by atoms with Gasteiger partial charge in [0.25, 0.3) is 0 Å². The second-order valence-corrected chi connectivity index (χ2v) is 6.97. The van der Waals surface area contributed by atoms with Gasteiger partial charge in [-0.2, -0.15) is 0 Å². The van der Waals surface area contributed by atoms with E-state index in [0.29, 0.717) is 6.04 Å². The summed E-state index contributed by atoms with van der Waals surface area (Å²) in [5.74, 6) is 0. The van der Waals surface area contributed by atoms with Crippen LogP contribution in [0.4, 0.5) is 0 Å². The Labute approximate surface area is 149 Å². The Morgan fingerprint density at radius 2 is 1.48 bits per heavy atom. The van der Waals surface area contributed by atoms with E-state index in [2.05, 4.69) is 81.3 Å². The minimum Gasteiger partial charge on any atom is -0.334 e. The number of aromatic nitrogens is 2. The lowest BCUT2D eigenvalue weighted by molar-refractivity contribution is 0.179. The number of imidazole rings is 1. The highest BCUT2D eigenvalue weighted by molar-refractivity contribution is 5.20. The molecule has 2 heterocycles. The fourth-order valence-electron chi connectivity index (χ4n) is 3.69. The number of benzene rings is 2. The van der Waals surface area contributed by atoms with Crippen LogP contribution in [-0.4, -0.2) is 27.5 Å². The van der Waals surface area contributed by atoms with Crippen LogP contribution in [0.5, 0.6) is 0 Å². The monoisotopic (exact) mass is 331 g/mol. The Kier molecular flexibility index (Phi) is 4.93. The lowest BCUT2D eigenvalue weighted by atomic mass is 10.0. The van der Waals surface area contributed by atoms with Crippen molar-refractivity contribution in [3.8, 4) is 0 Å².